The number of ether oxygens (including phenoxy) is 1. The third-order valence-electron chi connectivity index (χ3n) is 1.99. The second-order valence-electron chi connectivity index (χ2n) is 3.14. The Morgan fingerprint density at radius 3 is 2.71 bits per heavy atom. The van der Waals surface area contributed by atoms with Crippen LogP contribution in [0.4, 0.5) is 0 Å². The van der Waals surface area contributed by atoms with Crippen LogP contribution in [0.25, 0.3) is 0 Å². The summed E-state index contributed by atoms with van der Waals surface area (Å²) in [6, 6.07) is 10.1. The Kier molecular flexibility index (Phi) is 3.48. The third-order valence-corrected chi connectivity index (χ3v) is 2.52. The Hall–Kier alpha value is -1.76. The van der Waals surface area contributed by atoms with Gasteiger partial charge in [0.1, 0.15) is 11.8 Å². The van der Waals surface area contributed by atoms with Crippen LogP contribution < -0.4 is 4.74 Å². The molecule has 0 saturated carbocycles. The lowest BCUT2D eigenvalue weighted by atomic mass is 10.3. The van der Waals surface area contributed by atoms with Crippen LogP contribution in [0.2, 0.25) is 10.0 Å². The van der Waals surface area contributed by atoms with Gasteiger partial charge in [-0.05, 0) is 30.3 Å². The molecule has 0 atom stereocenters. The Bertz CT molecular complexity index is 593. The molecule has 0 fully saturated rings. The number of benzene rings is 1. The van der Waals surface area contributed by atoms with Gasteiger partial charge in [-0.1, -0.05) is 23.2 Å². The fourth-order valence-corrected chi connectivity index (χ4v) is 1.68. The number of aromatic nitrogens is 1. The highest BCUT2D eigenvalue weighted by atomic mass is 35.5. The highest BCUT2D eigenvalue weighted by Crippen LogP contribution is 2.32. The Morgan fingerprint density at radius 2 is 2.00 bits per heavy atom. The summed E-state index contributed by atoms with van der Waals surface area (Å²) >= 11 is 11.7. The van der Waals surface area contributed by atoms with Crippen molar-refractivity contribution in [3.8, 4) is 17.6 Å². The molecule has 0 aliphatic heterocycles. The molecule has 2 rings (SSSR count). The number of hydrogen-bond donors (Lipinski definition) is 0. The van der Waals surface area contributed by atoms with Gasteiger partial charge >= 0.3 is 0 Å². The van der Waals surface area contributed by atoms with Crippen molar-refractivity contribution < 1.29 is 4.74 Å². The Morgan fingerprint density at radius 1 is 1.18 bits per heavy atom. The standard InChI is InChI=1S/C12H6Cl2N2O/c13-8-3-4-11(9(14)6-8)17-12-2-1-5-16-10(12)7-15/h1-6H. The van der Waals surface area contributed by atoms with E-state index in [2.05, 4.69) is 4.98 Å². The van der Waals surface area contributed by atoms with E-state index in [1.54, 1.807) is 30.3 Å². The molecule has 17 heavy (non-hydrogen) atoms. The van der Waals surface area contributed by atoms with Crippen molar-refractivity contribution >= 4 is 23.2 Å². The van der Waals surface area contributed by atoms with Gasteiger partial charge in [-0.2, -0.15) is 5.26 Å². The molecule has 0 bridgehead atoms. The van der Waals surface area contributed by atoms with Crippen molar-refractivity contribution in [3.63, 3.8) is 0 Å². The molecule has 5 heteroatoms. The van der Waals surface area contributed by atoms with Crippen molar-refractivity contribution in [1.29, 1.82) is 5.26 Å². The first-order valence-corrected chi connectivity index (χ1v) is 5.44. The number of halogens is 2. The van der Waals surface area contributed by atoms with Crippen molar-refractivity contribution in [2.75, 3.05) is 0 Å². The Labute approximate surface area is 108 Å². The van der Waals surface area contributed by atoms with Crippen LogP contribution >= 0.6 is 23.2 Å². The van der Waals surface area contributed by atoms with Gasteiger partial charge in [-0.15, -0.1) is 0 Å². The molecule has 84 valence electrons. The summed E-state index contributed by atoms with van der Waals surface area (Å²) in [5.41, 5.74) is 0.207. The molecular formula is C12H6Cl2N2O. The minimum absolute atomic E-state index is 0.207. The second-order valence-corrected chi connectivity index (χ2v) is 3.98. The summed E-state index contributed by atoms with van der Waals surface area (Å²) in [6.07, 6.45) is 1.52. The predicted molar refractivity (Wildman–Crippen MR) is 65.5 cm³/mol. The van der Waals surface area contributed by atoms with E-state index < -0.39 is 0 Å². The van der Waals surface area contributed by atoms with Crippen molar-refractivity contribution in [2.45, 2.75) is 0 Å². The van der Waals surface area contributed by atoms with Crippen LogP contribution in [-0.4, -0.2) is 4.98 Å². The largest absolute Gasteiger partial charge is 0.453 e. The number of nitriles is 1. The highest BCUT2D eigenvalue weighted by Gasteiger charge is 2.08. The number of hydrogen-bond acceptors (Lipinski definition) is 3. The van der Waals surface area contributed by atoms with Crippen LogP contribution in [0, 0.1) is 11.3 Å². The van der Waals surface area contributed by atoms with Gasteiger partial charge < -0.3 is 4.74 Å². The maximum Gasteiger partial charge on any atom is 0.183 e. The number of nitrogens with zero attached hydrogens (tertiary/aromatic N) is 2. The van der Waals surface area contributed by atoms with Crippen LogP contribution in [-0.2, 0) is 0 Å². The molecule has 1 heterocycles. The Balaban J connectivity index is 2.35. The van der Waals surface area contributed by atoms with Gasteiger partial charge in [0, 0.05) is 11.2 Å². The monoisotopic (exact) mass is 264 g/mol. The van der Waals surface area contributed by atoms with Crippen LogP contribution in [0.3, 0.4) is 0 Å². The summed E-state index contributed by atoms with van der Waals surface area (Å²) in [5.74, 6) is 0.791. The highest BCUT2D eigenvalue weighted by molar-refractivity contribution is 6.35. The summed E-state index contributed by atoms with van der Waals surface area (Å²) in [4.78, 5) is 3.89. The lowest BCUT2D eigenvalue weighted by Gasteiger charge is -2.08. The predicted octanol–water partition coefficient (Wildman–Crippen LogP) is 4.05. The maximum absolute atomic E-state index is 8.86. The lowest BCUT2D eigenvalue weighted by molar-refractivity contribution is 0.478. The maximum atomic E-state index is 8.86. The third kappa shape index (κ3) is 2.68. The van der Waals surface area contributed by atoms with Gasteiger partial charge in [0.2, 0.25) is 0 Å². The average Bonchev–Trinajstić information content (AvgIpc) is 2.33. The van der Waals surface area contributed by atoms with Crippen LogP contribution in [0.5, 0.6) is 11.5 Å². The molecule has 0 radical (unpaired) electrons. The zero-order valence-corrected chi connectivity index (χ0v) is 10.0. The van der Waals surface area contributed by atoms with Crippen molar-refractivity contribution in [1.82, 2.24) is 4.98 Å². The molecule has 1 aromatic carbocycles. The first kappa shape index (κ1) is 11.7. The minimum atomic E-state index is 0.207. The number of rotatable bonds is 2. The first-order chi connectivity index (χ1) is 8.20. The summed E-state index contributed by atoms with van der Waals surface area (Å²) in [5, 5.41) is 9.77. The van der Waals surface area contributed by atoms with Gasteiger partial charge in [0.05, 0.1) is 5.02 Å². The second kappa shape index (κ2) is 5.05. The quantitative estimate of drug-likeness (QED) is 0.822. The van der Waals surface area contributed by atoms with E-state index in [0.717, 1.165) is 0 Å². The SMILES string of the molecule is N#Cc1ncccc1Oc1ccc(Cl)cc1Cl. The smallest absolute Gasteiger partial charge is 0.183 e. The molecule has 0 N–H and O–H groups in total. The molecule has 0 unspecified atom stereocenters. The topological polar surface area (TPSA) is 45.9 Å². The zero-order chi connectivity index (χ0) is 12.3. The van der Waals surface area contributed by atoms with Crippen molar-refractivity contribution in [2.24, 2.45) is 0 Å². The average molecular weight is 265 g/mol. The fourth-order valence-electron chi connectivity index (χ4n) is 1.23. The minimum Gasteiger partial charge on any atom is -0.453 e. The molecule has 0 aliphatic carbocycles. The molecule has 0 aliphatic rings. The molecule has 0 amide bonds. The van der Waals surface area contributed by atoms with Gasteiger partial charge in [0.25, 0.3) is 0 Å². The van der Waals surface area contributed by atoms with E-state index in [9.17, 15) is 0 Å². The fraction of sp³-hybridized carbons (Fsp3) is 0. The zero-order valence-electron chi connectivity index (χ0n) is 8.52. The first-order valence-electron chi connectivity index (χ1n) is 4.69. The number of pyridine rings is 1. The van der Waals surface area contributed by atoms with E-state index >= 15 is 0 Å². The van der Waals surface area contributed by atoms with E-state index in [4.69, 9.17) is 33.2 Å². The van der Waals surface area contributed by atoms with Crippen LogP contribution in [0.15, 0.2) is 36.5 Å². The molecule has 3 nitrogen and oxygen atoms in total. The molecule has 0 saturated heterocycles. The molecule has 1 aromatic heterocycles. The van der Waals surface area contributed by atoms with Crippen LogP contribution in [0.1, 0.15) is 5.69 Å². The lowest BCUT2D eigenvalue weighted by Crippen LogP contribution is -1.91. The van der Waals surface area contributed by atoms with Gasteiger partial charge in [-0.25, -0.2) is 4.98 Å². The normalized spacial score (nSPS) is 9.71. The van der Waals surface area contributed by atoms with Crippen molar-refractivity contribution in [3.05, 3.63) is 52.3 Å². The van der Waals surface area contributed by atoms with E-state index in [1.165, 1.54) is 6.20 Å². The summed E-state index contributed by atoms with van der Waals surface area (Å²) in [7, 11) is 0. The summed E-state index contributed by atoms with van der Waals surface area (Å²) in [6.45, 7) is 0. The van der Waals surface area contributed by atoms with E-state index in [0.29, 0.717) is 21.5 Å². The molecule has 2 aromatic rings. The van der Waals surface area contributed by atoms with Gasteiger partial charge in [-0.3, -0.25) is 0 Å². The van der Waals surface area contributed by atoms with E-state index in [1.807, 2.05) is 6.07 Å². The summed E-state index contributed by atoms with van der Waals surface area (Å²) < 4.78 is 5.51. The van der Waals surface area contributed by atoms with Gasteiger partial charge in [0.15, 0.2) is 11.4 Å². The molecular weight excluding hydrogens is 259 g/mol. The van der Waals surface area contributed by atoms with E-state index in [-0.39, 0.29) is 5.69 Å². The molecule has 0 spiro atoms.